The summed E-state index contributed by atoms with van der Waals surface area (Å²) in [5.74, 6) is -2.93. The average Bonchev–Trinajstić information content (AvgIpc) is 2.81. The molecule has 0 amide bonds. The van der Waals surface area contributed by atoms with Crippen LogP contribution in [0.5, 0.6) is 0 Å². The van der Waals surface area contributed by atoms with Gasteiger partial charge in [-0.05, 0) is 36.1 Å². The van der Waals surface area contributed by atoms with Gasteiger partial charge in [0.05, 0.1) is 28.7 Å². The molecule has 9 heteroatoms. The third-order valence-electron chi connectivity index (χ3n) is 5.46. The number of fused-ring (bicyclic) bond motifs is 1. The van der Waals surface area contributed by atoms with Crippen molar-refractivity contribution in [1.29, 1.82) is 0 Å². The van der Waals surface area contributed by atoms with Crippen molar-refractivity contribution in [3.63, 3.8) is 0 Å². The smallest absolute Gasteiger partial charge is 0.182 e. The zero-order valence-corrected chi connectivity index (χ0v) is 20.5. The summed E-state index contributed by atoms with van der Waals surface area (Å²) in [6.07, 6.45) is 1.51. The monoisotopic (exact) mass is 497 g/mol. The van der Waals surface area contributed by atoms with Crippen molar-refractivity contribution >= 4 is 22.7 Å². The molecular formula is C27H27F4N5. The molecule has 0 saturated heterocycles. The maximum atomic E-state index is 15.1. The molecule has 4 aromatic rings. The van der Waals surface area contributed by atoms with Crippen LogP contribution < -0.4 is 10.6 Å². The van der Waals surface area contributed by atoms with Crippen LogP contribution in [-0.4, -0.2) is 28.0 Å². The normalized spacial score (nSPS) is 11.5. The predicted molar refractivity (Wildman–Crippen MR) is 135 cm³/mol. The topological polar surface area (TPSA) is 62.7 Å². The van der Waals surface area contributed by atoms with E-state index in [9.17, 15) is 8.78 Å². The van der Waals surface area contributed by atoms with Crippen molar-refractivity contribution in [2.24, 2.45) is 11.8 Å². The molecule has 0 spiro atoms. The van der Waals surface area contributed by atoms with Crippen LogP contribution in [0.25, 0.3) is 33.5 Å². The summed E-state index contributed by atoms with van der Waals surface area (Å²) in [4.78, 5) is 13.7. The molecule has 0 aliphatic heterocycles. The van der Waals surface area contributed by atoms with Gasteiger partial charge in [-0.2, -0.15) is 0 Å². The summed E-state index contributed by atoms with van der Waals surface area (Å²) in [6.45, 7) is 8.88. The fraction of sp³-hybridized carbons (Fsp3) is 0.296. The molecular weight excluding hydrogens is 470 g/mol. The summed E-state index contributed by atoms with van der Waals surface area (Å²) < 4.78 is 57.4. The fourth-order valence-corrected chi connectivity index (χ4v) is 3.72. The molecule has 2 aromatic carbocycles. The number of nitrogens with one attached hydrogen (secondary N) is 2. The molecule has 0 fully saturated rings. The standard InChI is InChI=1S/C27H27F4N5/c1-14(2)11-32-24-23(22-19(30)9-18(29)10-20(22)31)26(33-12-15(3)4)36-27-25(24)35-21(13-34-27)16-5-7-17(28)8-6-16/h5-10,13-15H,11-12H2,1-4H3,(H2,32,33,34,36). The highest BCUT2D eigenvalue weighted by atomic mass is 19.1. The van der Waals surface area contributed by atoms with Crippen LogP contribution in [0.4, 0.5) is 29.1 Å². The SMILES string of the molecule is CC(C)CNc1nc2ncc(-c3ccc(F)cc3)nc2c(NCC(C)C)c1-c1c(F)cc(F)cc1F. The van der Waals surface area contributed by atoms with Crippen molar-refractivity contribution in [3.05, 3.63) is 65.9 Å². The lowest BCUT2D eigenvalue weighted by molar-refractivity contribution is 0.548. The van der Waals surface area contributed by atoms with E-state index < -0.39 is 23.0 Å². The van der Waals surface area contributed by atoms with Crippen molar-refractivity contribution in [2.75, 3.05) is 23.7 Å². The van der Waals surface area contributed by atoms with E-state index in [1.165, 1.54) is 18.3 Å². The lowest BCUT2D eigenvalue weighted by atomic mass is 10.0. The molecule has 0 aliphatic rings. The lowest BCUT2D eigenvalue weighted by Gasteiger charge is -2.21. The van der Waals surface area contributed by atoms with Gasteiger partial charge >= 0.3 is 0 Å². The van der Waals surface area contributed by atoms with Crippen LogP contribution in [0.3, 0.4) is 0 Å². The number of nitrogens with zero attached hydrogens (tertiary/aromatic N) is 3. The molecule has 4 rings (SSSR count). The summed E-state index contributed by atoms with van der Waals surface area (Å²) in [5, 5.41) is 6.43. The second kappa shape index (κ2) is 10.5. The largest absolute Gasteiger partial charge is 0.382 e. The van der Waals surface area contributed by atoms with Crippen LogP contribution in [0.15, 0.2) is 42.6 Å². The Kier molecular flexibility index (Phi) is 7.37. The van der Waals surface area contributed by atoms with E-state index in [1.807, 2.05) is 27.7 Å². The minimum Gasteiger partial charge on any atom is -0.382 e. The number of hydrogen-bond donors (Lipinski definition) is 2. The van der Waals surface area contributed by atoms with Gasteiger partial charge in [0.25, 0.3) is 0 Å². The highest BCUT2D eigenvalue weighted by molar-refractivity contribution is 6.01. The number of rotatable bonds is 8. The van der Waals surface area contributed by atoms with Gasteiger partial charge in [0.1, 0.15) is 34.6 Å². The van der Waals surface area contributed by atoms with E-state index in [4.69, 9.17) is 4.98 Å². The molecule has 2 heterocycles. The fourth-order valence-electron chi connectivity index (χ4n) is 3.72. The molecule has 0 aliphatic carbocycles. The zero-order chi connectivity index (χ0) is 26.0. The first kappa shape index (κ1) is 25.3. The van der Waals surface area contributed by atoms with E-state index >= 15 is 8.78 Å². The van der Waals surface area contributed by atoms with E-state index in [0.29, 0.717) is 42.2 Å². The lowest BCUT2D eigenvalue weighted by Crippen LogP contribution is -2.15. The van der Waals surface area contributed by atoms with E-state index in [1.54, 1.807) is 12.1 Å². The molecule has 0 atom stereocenters. The second-order valence-corrected chi connectivity index (χ2v) is 9.44. The number of aromatic nitrogens is 3. The maximum Gasteiger partial charge on any atom is 0.182 e. The average molecular weight is 498 g/mol. The summed E-state index contributed by atoms with van der Waals surface area (Å²) in [5.41, 5.74) is 1.59. The number of benzene rings is 2. The van der Waals surface area contributed by atoms with Crippen LogP contribution in [0.1, 0.15) is 27.7 Å². The molecule has 5 nitrogen and oxygen atoms in total. The quantitative estimate of drug-likeness (QED) is 0.255. The molecule has 36 heavy (non-hydrogen) atoms. The predicted octanol–water partition coefficient (Wildman–Crippen LogP) is 7.05. The van der Waals surface area contributed by atoms with Crippen molar-refractivity contribution in [3.8, 4) is 22.4 Å². The highest BCUT2D eigenvalue weighted by Crippen LogP contribution is 2.41. The first-order valence-electron chi connectivity index (χ1n) is 11.7. The number of halogens is 4. The zero-order valence-electron chi connectivity index (χ0n) is 20.5. The minimum absolute atomic E-state index is 0.101. The third-order valence-corrected chi connectivity index (χ3v) is 5.46. The van der Waals surface area contributed by atoms with Gasteiger partial charge in [-0.25, -0.2) is 32.5 Å². The van der Waals surface area contributed by atoms with Crippen molar-refractivity contribution in [1.82, 2.24) is 15.0 Å². The Labute approximate surface area is 207 Å². The van der Waals surface area contributed by atoms with Crippen LogP contribution >= 0.6 is 0 Å². The van der Waals surface area contributed by atoms with Gasteiger partial charge in [0.2, 0.25) is 0 Å². The van der Waals surface area contributed by atoms with Crippen molar-refractivity contribution in [2.45, 2.75) is 27.7 Å². The van der Waals surface area contributed by atoms with Gasteiger partial charge < -0.3 is 10.6 Å². The number of pyridine rings is 1. The van der Waals surface area contributed by atoms with Gasteiger partial charge in [0.15, 0.2) is 5.65 Å². The van der Waals surface area contributed by atoms with E-state index in [2.05, 4.69) is 20.6 Å². The van der Waals surface area contributed by atoms with E-state index in [-0.39, 0.29) is 40.2 Å². The Balaban J connectivity index is 2.04. The first-order chi connectivity index (χ1) is 17.1. The van der Waals surface area contributed by atoms with E-state index in [0.717, 1.165) is 0 Å². The van der Waals surface area contributed by atoms with Gasteiger partial charge in [-0.15, -0.1) is 0 Å². The third kappa shape index (κ3) is 5.40. The summed E-state index contributed by atoms with van der Waals surface area (Å²) >= 11 is 0. The molecule has 188 valence electrons. The highest BCUT2D eigenvalue weighted by Gasteiger charge is 2.25. The molecule has 0 unspecified atom stereocenters. The molecule has 0 saturated carbocycles. The molecule has 2 N–H and O–H groups in total. The molecule has 0 bridgehead atoms. The van der Waals surface area contributed by atoms with Gasteiger partial charge in [-0.1, -0.05) is 27.7 Å². The summed E-state index contributed by atoms with van der Waals surface area (Å²) in [7, 11) is 0. The Morgan fingerprint density at radius 1 is 0.750 bits per heavy atom. The van der Waals surface area contributed by atoms with Crippen molar-refractivity contribution < 1.29 is 17.6 Å². The van der Waals surface area contributed by atoms with Gasteiger partial charge in [0, 0.05) is 30.8 Å². The Morgan fingerprint density at radius 2 is 1.36 bits per heavy atom. The molecule has 2 aromatic heterocycles. The Bertz CT molecular complexity index is 1360. The first-order valence-corrected chi connectivity index (χ1v) is 11.7. The van der Waals surface area contributed by atoms with Crippen LogP contribution in [-0.2, 0) is 0 Å². The second-order valence-electron chi connectivity index (χ2n) is 9.44. The maximum absolute atomic E-state index is 15.1. The summed E-state index contributed by atoms with van der Waals surface area (Å²) in [6, 6.07) is 7.04. The van der Waals surface area contributed by atoms with Crippen LogP contribution in [0, 0.1) is 35.1 Å². The Hall–Kier alpha value is -3.75. The molecule has 0 radical (unpaired) electrons. The Morgan fingerprint density at radius 3 is 1.97 bits per heavy atom. The number of anilines is 2. The number of hydrogen-bond acceptors (Lipinski definition) is 5. The van der Waals surface area contributed by atoms with Crippen LogP contribution in [0.2, 0.25) is 0 Å². The van der Waals surface area contributed by atoms with Gasteiger partial charge in [-0.3, -0.25) is 0 Å². The minimum atomic E-state index is -1.06.